The van der Waals surface area contributed by atoms with Crippen LogP contribution in [-0.4, -0.2) is 140 Å². The molecule has 2 saturated heterocycles. The van der Waals surface area contributed by atoms with Crippen LogP contribution in [0.5, 0.6) is 0 Å². The van der Waals surface area contributed by atoms with Crippen LogP contribution in [0, 0.1) is 0 Å². The molecule has 396 valence electrons. The maximum absolute atomic E-state index is 12.3. The SMILES string of the molecule is CCCCCCCCCCCCCCCCCCCCCCCCCCCCCCCCC/C=C/C(O)C(COC1OC(CO)C(OC2OC(CO)C(O)C(O)C2O)C(O)C1O)NC(=O)CC. The Morgan fingerprint density at radius 1 is 0.522 bits per heavy atom. The fraction of sp³-hybridized carbons (Fsp3) is 0.943. The van der Waals surface area contributed by atoms with Gasteiger partial charge in [-0.25, -0.2) is 0 Å². The standard InChI is InChI=1S/C53H101NO13/c1-3-5-6-7-8-9-10-11-12-13-14-15-16-17-18-19-20-21-22-23-24-25-26-27-28-29-30-31-32-33-34-35-36-37-42(57)41(54-45(58)4-2)40-64-52-50(63)48(61)51(44(39-56)66-52)67-53-49(62)47(60)46(59)43(38-55)65-53/h36-37,41-44,46-53,55-57,59-63H,3-35,38-40H2,1-2H3,(H,54,58)/b37-36+. The lowest BCUT2D eigenvalue weighted by Gasteiger charge is -2.46. The van der Waals surface area contributed by atoms with Gasteiger partial charge in [0.25, 0.3) is 0 Å². The van der Waals surface area contributed by atoms with Crippen LogP contribution in [0.15, 0.2) is 12.2 Å². The van der Waals surface area contributed by atoms with E-state index in [4.69, 9.17) is 18.9 Å². The van der Waals surface area contributed by atoms with Crippen molar-refractivity contribution in [1.82, 2.24) is 5.32 Å². The van der Waals surface area contributed by atoms with Gasteiger partial charge in [-0.2, -0.15) is 0 Å². The molecule has 0 aliphatic carbocycles. The van der Waals surface area contributed by atoms with E-state index in [1.165, 1.54) is 186 Å². The van der Waals surface area contributed by atoms with E-state index >= 15 is 0 Å². The first kappa shape index (κ1) is 61.8. The van der Waals surface area contributed by atoms with Crippen molar-refractivity contribution in [3.8, 4) is 0 Å². The van der Waals surface area contributed by atoms with Crippen LogP contribution in [-0.2, 0) is 23.7 Å². The summed E-state index contributed by atoms with van der Waals surface area (Å²) in [6, 6.07) is -0.907. The van der Waals surface area contributed by atoms with Crippen LogP contribution in [0.3, 0.4) is 0 Å². The molecule has 2 aliphatic heterocycles. The molecule has 0 aromatic heterocycles. The summed E-state index contributed by atoms with van der Waals surface area (Å²) < 4.78 is 22.4. The van der Waals surface area contributed by atoms with E-state index in [0.29, 0.717) is 0 Å². The lowest BCUT2D eigenvalue weighted by atomic mass is 9.97. The summed E-state index contributed by atoms with van der Waals surface area (Å²) in [6.07, 6.45) is 30.0. The summed E-state index contributed by atoms with van der Waals surface area (Å²) in [6.45, 7) is 2.24. The molecular formula is C53H101NO13. The maximum atomic E-state index is 12.3. The zero-order valence-corrected chi connectivity index (χ0v) is 42.2. The van der Waals surface area contributed by atoms with E-state index in [-0.39, 0.29) is 18.9 Å². The molecule has 0 aromatic carbocycles. The topological polar surface area (TPSA) is 228 Å². The quantitative estimate of drug-likeness (QED) is 0.0209. The van der Waals surface area contributed by atoms with Gasteiger partial charge in [0.2, 0.25) is 5.91 Å². The molecular weight excluding hydrogens is 859 g/mol. The van der Waals surface area contributed by atoms with E-state index in [1.54, 1.807) is 13.0 Å². The number of aliphatic hydroxyl groups is 8. The second kappa shape index (κ2) is 40.3. The molecule has 14 heteroatoms. The van der Waals surface area contributed by atoms with Crippen molar-refractivity contribution in [2.45, 2.75) is 299 Å². The molecule has 12 atom stereocenters. The van der Waals surface area contributed by atoms with Gasteiger partial charge >= 0.3 is 0 Å². The van der Waals surface area contributed by atoms with E-state index in [0.717, 1.165) is 19.3 Å². The summed E-state index contributed by atoms with van der Waals surface area (Å²) in [5.74, 6) is -0.325. The number of allylic oxidation sites excluding steroid dienone is 1. The Hall–Kier alpha value is -1.27. The molecule has 2 fully saturated rings. The zero-order chi connectivity index (χ0) is 48.9. The van der Waals surface area contributed by atoms with Crippen molar-refractivity contribution in [2.75, 3.05) is 19.8 Å². The number of carbonyl (C=O) groups is 1. The highest BCUT2D eigenvalue weighted by atomic mass is 16.7. The number of amides is 1. The Labute approximate surface area is 406 Å². The van der Waals surface area contributed by atoms with Crippen LogP contribution in [0.25, 0.3) is 0 Å². The average molecular weight is 960 g/mol. The number of unbranched alkanes of at least 4 members (excludes halogenated alkanes) is 31. The van der Waals surface area contributed by atoms with E-state index in [1.807, 2.05) is 6.08 Å². The number of hydrogen-bond donors (Lipinski definition) is 9. The number of ether oxygens (including phenoxy) is 4. The van der Waals surface area contributed by atoms with Crippen molar-refractivity contribution in [2.24, 2.45) is 0 Å². The number of rotatable bonds is 43. The summed E-state index contributed by atoms with van der Waals surface area (Å²) in [7, 11) is 0. The van der Waals surface area contributed by atoms with Crippen LogP contribution in [0.4, 0.5) is 0 Å². The van der Waals surface area contributed by atoms with Gasteiger partial charge < -0.3 is 65.1 Å². The highest BCUT2D eigenvalue weighted by molar-refractivity contribution is 5.75. The first-order valence-corrected chi connectivity index (χ1v) is 27.4. The van der Waals surface area contributed by atoms with Gasteiger partial charge in [-0.3, -0.25) is 4.79 Å². The monoisotopic (exact) mass is 960 g/mol. The molecule has 2 rings (SSSR count). The third kappa shape index (κ3) is 27.2. The molecule has 0 bridgehead atoms. The Bertz CT molecular complexity index is 1180. The highest BCUT2D eigenvalue weighted by Crippen LogP contribution is 2.30. The number of hydrogen-bond acceptors (Lipinski definition) is 13. The lowest BCUT2D eigenvalue weighted by molar-refractivity contribution is -0.359. The van der Waals surface area contributed by atoms with Crippen LogP contribution in [0.2, 0.25) is 0 Å². The van der Waals surface area contributed by atoms with Gasteiger partial charge in [0.1, 0.15) is 48.8 Å². The smallest absolute Gasteiger partial charge is 0.220 e. The number of nitrogens with one attached hydrogen (secondary N) is 1. The molecule has 12 unspecified atom stereocenters. The number of aliphatic hydroxyl groups excluding tert-OH is 8. The Kier molecular flexibility index (Phi) is 37.2. The predicted octanol–water partition coefficient (Wildman–Crippen LogP) is 7.94. The molecule has 0 radical (unpaired) electrons. The fourth-order valence-corrected chi connectivity index (χ4v) is 9.26. The normalized spacial score (nSPS) is 26.6. The summed E-state index contributed by atoms with van der Waals surface area (Å²) in [5.41, 5.74) is 0. The first-order chi connectivity index (χ1) is 32.6. The molecule has 14 nitrogen and oxygen atoms in total. The minimum Gasteiger partial charge on any atom is -0.394 e. The second-order valence-electron chi connectivity index (χ2n) is 19.7. The van der Waals surface area contributed by atoms with Crippen molar-refractivity contribution in [3.05, 3.63) is 12.2 Å². The molecule has 2 aliphatic rings. The van der Waals surface area contributed by atoms with E-state index in [9.17, 15) is 45.6 Å². The van der Waals surface area contributed by atoms with Crippen LogP contribution >= 0.6 is 0 Å². The van der Waals surface area contributed by atoms with Gasteiger partial charge in [-0.15, -0.1) is 0 Å². The van der Waals surface area contributed by atoms with Crippen molar-refractivity contribution >= 4 is 5.91 Å². The Morgan fingerprint density at radius 2 is 0.910 bits per heavy atom. The minimum absolute atomic E-state index is 0.164. The first-order valence-electron chi connectivity index (χ1n) is 27.4. The zero-order valence-electron chi connectivity index (χ0n) is 42.2. The fourth-order valence-electron chi connectivity index (χ4n) is 9.26. The van der Waals surface area contributed by atoms with Gasteiger partial charge in [0.05, 0.1) is 32.0 Å². The summed E-state index contributed by atoms with van der Waals surface area (Å²) in [5, 5.41) is 85.5. The summed E-state index contributed by atoms with van der Waals surface area (Å²) in [4.78, 5) is 12.3. The van der Waals surface area contributed by atoms with Gasteiger partial charge in [-0.1, -0.05) is 219 Å². The van der Waals surface area contributed by atoms with Crippen molar-refractivity contribution in [1.29, 1.82) is 0 Å². The van der Waals surface area contributed by atoms with E-state index in [2.05, 4.69) is 12.2 Å². The van der Waals surface area contributed by atoms with Crippen molar-refractivity contribution < 1.29 is 64.6 Å². The van der Waals surface area contributed by atoms with Crippen molar-refractivity contribution in [3.63, 3.8) is 0 Å². The number of carbonyl (C=O) groups excluding carboxylic acids is 1. The molecule has 0 spiro atoms. The minimum atomic E-state index is -1.78. The Morgan fingerprint density at radius 3 is 1.31 bits per heavy atom. The highest BCUT2D eigenvalue weighted by Gasteiger charge is 2.51. The predicted molar refractivity (Wildman–Crippen MR) is 263 cm³/mol. The molecule has 9 N–H and O–H groups in total. The third-order valence-electron chi connectivity index (χ3n) is 13.8. The van der Waals surface area contributed by atoms with E-state index < -0.39 is 86.8 Å². The van der Waals surface area contributed by atoms with Crippen LogP contribution in [0.1, 0.15) is 226 Å². The molecule has 2 heterocycles. The van der Waals surface area contributed by atoms with Gasteiger partial charge in [0, 0.05) is 6.42 Å². The summed E-state index contributed by atoms with van der Waals surface area (Å²) >= 11 is 0. The maximum Gasteiger partial charge on any atom is 0.220 e. The Balaban J connectivity index is 1.46. The third-order valence-corrected chi connectivity index (χ3v) is 13.8. The van der Waals surface area contributed by atoms with Gasteiger partial charge in [-0.05, 0) is 12.8 Å². The largest absolute Gasteiger partial charge is 0.394 e. The molecule has 0 aromatic rings. The lowest BCUT2D eigenvalue weighted by Crippen LogP contribution is -2.65. The van der Waals surface area contributed by atoms with Gasteiger partial charge in [0.15, 0.2) is 12.6 Å². The molecule has 0 saturated carbocycles. The molecule has 1 amide bonds. The second-order valence-corrected chi connectivity index (χ2v) is 19.7. The molecule has 67 heavy (non-hydrogen) atoms. The van der Waals surface area contributed by atoms with Crippen LogP contribution < -0.4 is 5.32 Å². The average Bonchev–Trinajstić information content (AvgIpc) is 3.33.